The molecule has 2 saturated heterocycles. The summed E-state index contributed by atoms with van der Waals surface area (Å²) in [6.45, 7) is 5.65. The first-order chi connectivity index (χ1) is 11.6. The van der Waals surface area contributed by atoms with Crippen molar-refractivity contribution < 1.29 is 9.47 Å². The topological polar surface area (TPSA) is 52.4 Å². The summed E-state index contributed by atoms with van der Waals surface area (Å²) in [5, 5.41) is 4.42. The normalized spacial score (nSPS) is 23.2. The van der Waals surface area contributed by atoms with Crippen LogP contribution in [0.2, 0.25) is 0 Å². The maximum atomic E-state index is 6.11. The molecule has 1 atom stereocenters. The number of hydrogen-bond acceptors (Lipinski definition) is 5. The molecule has 0 N–H and O–H groups in total. The molecule has 0 saturated carbocycles. The predicted octanol–water partition coefficient (Wildman–Crippen LogP) is 1.94. The Balaban J connectivity index is 1.33. The van der Waals surface area contributed by atoms with Crippen molar-refractivity contribution in [2.24, 2.45) is 7.05 Å². The number of likely N-dealkylation sites (tertiary alicyclic amines) is 1. The van der Waals surface area contributed by atoms with Crippen molar-refractivity contribution in [3.05, 3.63) is 42.0 Å². The molecule has 4 heterocycles. The number of nitrogens with zero attached hydrogens (tertiary/aromatic N) is 4. The molecule has 2 aromatic rings. The van der Waals surface area contributed by atoms with Crippen LogP contribution in [0.1, 0.15) is 24.2 Å². The first kappa shape index (κ1) is 15.6. The zero-order valence-electron chi connectivity index (χ0n) is 14.3. The first-order valence-corrected chi connectivity index (χ1v) is 8.54. The van der Waals surface area contributed by atoms with Gasteiger partial charge in [-0.3, -0.25) is 14.6 Å². The Morgan fingerprint density at radius 1 is 1.42 bits per heavy atom. The minimum absolute atomic E-state index is 0.0429. The fourth-order valence-electron chi connectivity index (χ4n) is 3.83. The van der Waals surface area contributed by atoms with E-state index in [1.165, 1.54) is 5.69 Å². The number of pyridine rings is 1. The van der Waals surface area contributed by atoms with Gasteiger partial charge in [-0.1, -0.05) is 0 Å². The van der Waals surface area contributed by atoms with Crippen molar-refractivity contribution in [1.82, 2.24) is 19.7 Å². The van der Waals surface area contributed by atoms with Gasteiger partial charge in [0.2, 0.25) is 0 Å². The van der Waals surface area contributed by atoms with Crippen LogP contribution in [0.3, 0.4) is 0 Å². The van der Waals surface area contributed by atoms with Crippen LogP contribution in [-0.4, -0.2) is 51.1 Å². The van der Waals surface area contributed by atoms with Gasteiger partial charge in [0.15, 0.2) is 0 Å². The average molecular weight is 328 g/mol. The SMILES string of the molecule is Cc1cc(CN2CC3(C[C@@H](Oc4cccnc4)CCO3)C2)n(C)n1. The minimum Gasteiger partial charge on any atom is -0.489 e. The Morgan fingerprint density at radius 2 is 2.29 bits per heavy atom. The number of rotatable bonds is 4. The van der Waals surface area contributed by atoms with Crippen LogP contribution in [0.4, 0.5) is 0 Å². The number of aromatic nitrogens is 3. The third-order valence-electron chi connectivity index (χ3n) is 4.89. The van der Waals surface area contributed by atoms with Gasteiger partial charge < -0.3 is 9.47 Å². The summed E-state index contributed by atoms with van der Waals surface area (Å²) in [6.07, 6.45) is 5.65. The lowest BCUT2D eigenvalue weighted by Crippen LogP contribution is -2.65. The highest BCUT2D eigenvalue weighted by atomic mass is 16.5. The molecule has 24 heavy (non-hydrogen) atoms. The molecule has 2 aromatic heterocycles. The van der Waals surface area contributed by atoms with E-state index in [0.29, 0.717) is 0 Å². The molecular formula is C18H24N4O2. The molecule has 2 fully saturated rings. The molecule has 1 spiro atoms. The van der Waals surface area contributed by atoms with Crippen LogP contribution in [0.15, 0.2) is 30.6 Å². The maximum Gasteiger partial charge on any atom is 0.138 e. The summed E-state index contributed by atoms with van der Waals surface area (Å²) in [4.78, 5) is 6.54. The number of ether oxygens (including phenoxy) is 2. The molecule has 4 rings (SSSR count). The zero-order valence-corrected chi connectivity index (χ0v) is 14.3. The van der Waals surface area contributed by atoms with Crippen molar-refractivity contribution in [2.75, 3.05) is 19.7 Å². The van der Waals surface area contributed by atoms with Gasteiger partial charge in [0.05, 0.1) is 29.8 Å². The van der Waals surface area contributed by atoms with E-state index in [0.717, 1.165) is 50.5 Å². The van der Waals surface area contributed by atoms with Crippen LogP contribution in [0, 0.1) is 6.92 Å². The highest BCUT2D eigenvalue weighted by Crippen LogP contribution is 2.36. The fourth-order valence-corrected chi connectivity index (χ4v) is 3.83. The molecule has 0 radical (unpaired) electrons. The molecule has 0 aliphatic carbocycles. The van der Waals surface area contributed by atoms with Gasteiger partial charge in [-0.05, 0) is 25.1 Å². The van der Waals surface area contributed by atoms with Crippen molar-refractivity contribution in [3.63, 3.8) is 0 Å². The number of hydrogen-bond donors (Lipinski definition) is 0. The van der Waals surface area contributed by atoms with Gasteiger partial charge in [0.25, 0.3) is 0 Å². The Kier molecular flexibility index (Phi) is 4.02. The van der Waals surface area contributed by atoms with E-state index in [9.17, 15) is 0 Å². The smallest absolute Gasteiger partial charge is 0.138 e. The lowest BCUT2D eigenvalue weighted by atomic mass is 9.84. The summed E-state index contributed by atoms with van der Waals surface area (Å²) >= 11 is 0. The van der Waals surface area contributed by atoms with Gasteiger partial charge in [-0.15, -0.1) is 0 Å². The van der Waals surface area contributed by atoms with E-state index in [1.807, 2.05) is 30.8 Å². The summed E-state index contributed by atoms with van der Waals surface area (Å²) in [5.74, 6) is 0.848. The second-order valence-corrected chi connectivity index (χ2v) is 7.00. The van der Waals surface area contributed by atoms with Gasteiger partial charge in [0.1, 0.15) is 11.9 Å². The Bertz CT molecular complexity index is 694. The summed E-state index contributed by atoms with van der Waals surface area (Å²) in [7, 11) is 2.01. The Labute approximate surface area is 142 Å². The molecule has 2 aliphatic heterocycles. The van der Waals surface area contributed by atoms with E-state index in [4.69, 9.17) is 9.47 Å². The van der Waals surface area contributed by atoms with E-state index in [1.54, 1.807) is 12.4 Å². The number of aryl methyl sites for hydroxylation is 2. The zero-order chi connectivity index (χ0) is 16.6. The maximum absolute atomic E-state index is 6.11. The van der Waals surface area contributed by atoms with E-state index < -0.39 is 0 Å². The molecule has 2 aliphatic rings. The quantitative estimate of drug-likeness (QED) is 0.858. The van der Waals surface area contributed by atoms with Gasteiger partial charge in [-0.25, -0.2) is 0 Å². The highest BCUT2D eigenvalue weighted by molar-refractivity contribution is 5.16. The van der Waals surface area contributed by atoms with Gasteiger partial charge in [-0.2, -0.15) is 5.10 Å². The fraction of sp³-hybridized carbons (Fsp3) is 0.556. The molecular weight excluding hydrogens is 304 g/mol. The van der Waals surface area contributed by atoms with Crippen LogP contribution in [-0.2, 0) is 18.3 Å². The minimum atomic E-state index is -0.0429. The predicted molar refractivity (Wildman–Crippen MR) is 89.8 cm³/mol. The second kappa shape index (κ2) is 6.18. The second-order valence-electron chi connectivity index (χ2n) is 7.00. The Hall–Kier alpha value is -1.92. The van der Waals surface area contributed by atoms with Crippen LogP contribution in [0.5, 0.6) is 5.75 Å². The summed E-state index contributed by atoms with van der Waals surface area (Å²) in [5.41, 5.74) is 2.28. The van der Waals surface area contributed by atoms with Gasteiger partial charge >= 0.3 is 0 Å². The standard InChI is InChI=1S/C18H24N4O2/c1-14-8-15(21(2)20-14)11-22-12-18(13-22)9-16(5-7-23-18)24-17-4-3-6-19-10-17/h3-4,6,8,10,16H,5,7,9,11-13H2,1-2H3/t16-/m0/s1. The summed E-state index contributed by atoms with van der Waals surface area (Å²) in [6, 6.07) is 6.03. The molecule has 0 unspecified atom stereocenters. The lowest BCUT2D eigenvalue weighted by molar-refractivity contribution is -0.188. The van der Waals surface area contributed by atoms with Crippen molar-refractivity contribution in [2.45, 2.75) is 38.0 Å². The van der Waals surface area contributed by atoms with Crippen molar-refractivity contribution >= 4 is 0 Å². The third kappa shape index (κ3) is 3.16. The van der Waals surface area contributed by atoms with Gasteiger partial charge in [0, 0.05) is 45.7 Å². The molecule has 6 nitrogen and oxygen atoms in total. The van der Waals surface area contributed by atoms with E-state index in [2.05, 4.69) is 21.0 Å². The molecule has 6 heteroatoms. The molecule has 128 valence electrons. The van der Waals surface area contributed by atoms with Crippen LogP contribution >= 0.6 is 0 Å². The van der Waals surface area contributed by atoms with Crippen LogP contribution < -0.4 is 4.74 Å². The van der Waals surface area contributed by atoms with Crippen LogP contribution in [0.25, 0.3) is 0 Å². The largest absolute Gasteiger partial charge is 0.489 e. The molecule has 0 aromatic carbocycles. The monoisotopic (exact) mass is 328 g/mol. The van der Waals surface area contributed by atoms with Crippen molar-refractivity contribution in [3.8, 4) is 5.75 Å². The Morgan fingerprint density at radius 3 is 3.00 bits per heavy atom. The average Bonchev–Trinajstić information content (AvgIpc) is 2.85. The molecule has 0 bridgehead atoms. The van der Waals surface area contributed by atoms with Crippen molar-refractivity contribution in [1.29, 1.82) is 0 Å². The highest BCUT2D eigenvalue weighted by Gasteiger charge is 2.48. The molecule has 0 amide bonds. The first-order valence-electron chi connectivity index (χ1n) is 8.54. The third-order valence-corrected chi connectivity index (χ3v) is 4.89. The van der Waals surface area contributed by atoms with E-state index >= 15 is 0 Å². The lowest BCUT2D eigenvalue weighted by Gasteiger charge is -2.53. The summed E-state index contributed by atoms with van der Waals surface area (Å²) < 4.78 is 14.2. The van der Waals surface area contributed by atoms with E-state index in [-0.39, 0.29) is 11.7 Å².